The standard InChI is InChI=1S/C34H41N3O2/c1-3-26-13-12-18-30-32(25-37(4-2)34(26)30)31(24-33(38)35-19-22-36-20-9-6-10-21-36)27-14-11-17-29(23-27)39-28-15-7-5-8-16-28/h5,7-8,11-18,23,25,31H,3-4,6,9-10,19-22,24H2,1-2H3,(H,35,38)/t31-/m0/s1. The largest absolute Gasteiger partial charge is 0.457 e. The fraction of sp³-hybridized carbons (Fsp3) is 0.382. The summed E-state index contributed by atoms with van der Waals surface area (Å²) >= 11 is 0. The average Bonchev–Trinajstić information content (AvgIpc) is 3.36. The summed E-state index contributed by atoms with van der Waals surface area (Å²) in [5.41, 5.74) is 4.91. The summed E-state index contributed by atoms with van der Waals surface area (Å²) in [6.07, 6.45) is 7.48. The zero-order valence-electron chi connectivity index (χ0n) is 23.4. The number of amides is 1. The summed E-state index contributed by atoms with van der Waals surface area (Å²) in [7, 11) is 0. The Morgan fingerprint density at radius 1 is 0.923 bits per heavy atom. The SMILES string of the molecule is CCc1cccc2c([C@@H](CC(=O)NCCN3CCCCC3)c3cccc(Oc4ccccc4)c3)cn(CC)c12. The van der Waals surface area contributed by atoms with E-state index in [1.54, 1.807) is 0 Å². The first-order chi connectivity index (χ1) is 19.2. The van der Waals surface area contributed by atoms with Crippen LogP contribution in [0.25, 0.3) is 10.9 Å². The van der Waals surface area contributed by atoms with E-state index in [9.17, 15) is 4.79 Å². The van der Waals surface area contributed by atoms with E-state index in [0.29, 0.717) is 13.0 Å². The van der Waals surface area contributed by atoms with Crippen LogP contribution >= 0.6 is 0 Å². The zero-order valence-corrected chi connectivity index (χ0v) is 23.4. The van der Waals surface area contributed by atoms with Gasteiger partial charge in [-0.2, -0.15) is 0 Å². The fourth-order valence-corrected chi connectivity index (χ4v) is 5.90. The van der Waals surface area contributed by atoms with Gasteiger partial charge < -0.3 is 19.5 Å². The molecule has 1 amide bonds. The van der Waals surface area contributed by atoms with Gasteiger partial charge in [0.15, 0.2) is 0 Å². The van der Waals surface area contributed by atoms with Crippen molar-refractivity contribution >= 4 is 16.8 Å². The number of likely N-dealkylation sites (tertiary alicyclic amines) is 1. The third-order valence-corrected chi connectivity index (χ3v) is 7.94. The lowest BCUT2D eigenvalue weighted by Crippen LogP contribution is -2.38. The molecule has 0 unspecified atom stereocenters. The first kappa shape index (κ1) is 27.0. The van der Waals surface area contributed by atoms with Gasteiger partial charge in [-0.05, 0) is 80.2 Å². The number of aromatic nitrogens is 1. The molecule has 1 atom stereocenters. The Hall–Kier alpha value is -3.57. The highest BCUT2D eigenvalue weighted by molar-refractivity contribution is 5.89. The lowest BCUT2D eigenvalue weighted by molar-refractivity contribution is -0.121. The molecule has 0 aliphatic carbocycles. The van der Waals surface area contributed by atoms with Gasteiger partial charge in [-0.1, -0.05) is 61.9 Å². The molecule has 0 saturated carbocycles. The Morgan fingerprint density at radius 2 is 1.69 bits per heavy atom. The molecule has 5 nitrogen and oxygen atoms in total. The number of aryl methyl sites for hydroxylation is 2. The maximum atomic E-state index is 13.4. The van der Waals surface area contributed by atoms with Gasteiger partial charge in [0.05, 0.1) is 5.52 Å². The summed E-state index contributed by atoms with van der Waals surface area (Å²) in [5, 5.41) is 4.46. The molecule has 1 aliphatic heterocycles. The number of nitrogens with one attached hydrogen (secondary N) is 1. The molecule has 3 aromatic carbocycles. The van der Waals surface area contributed by atoms with Crippen molar-refractivity contribution in [3.63, 3.8) is 0 Å². The topological polar surface area (TPSA) is 46.5 Å². The Balaban J connectivity index is 1.44. The van der Waals surface area contributed by atoms with Gasteiger partial charge in [0.2, 0.25) is 5.91 Å². The number of rotatable bonds is 11. The van der Waals surface area contributed by atoms with Crippen LogP contribution in [0.1, 0.15) is 62.1 Å². The molecule has 1 fully saturated rings. The Labute approximate surface area is 232 Å². The van der Waals surface area contributed by atoms with Crippen molar-refractivity contribution in [3.05, 3.63) is 95.7 Å². The lowest BCUT2D eigenvalue weighted by atomic mass is 9.87. The monoisotopic (exact) mass is 523 g/mol. The van der Waals surface area contributed by atoms with Crippen molar-refractivity contribution in [2.45, 2.75) is 58.4 Å². The Morgan fingerprint density at radius 3 is 2.46 bits per heavy atom. The zero-order chi connectivity index (χ0) is 27.0. The van der Waals surface area contributed by atoms with E-state index in [1.807, 2.05) is 42.5 Å². The summed E-state index contributed by atoms with van der Waals surface area (Å²) in [5.74, 6) is 1.59. The molecule has 5 rings (SSSR count). The van der Waals surface area contributed by atoms with Gasteiger partial charge in [-0.15, -0.1) is 0 Å². The third kappa shape index (κ3) is 6.54. The van der Waals surface area contributed by atoms with Crippen LogP contribution in [0.3, 0.4) is 0 Å². The Bertz CT molecular complexity index is 1370. The molecular formula is C34H41N3O2. The van der Waals surface area contributed by atoms with Crippen LogP contribution in [-0.4, -0.2) is 41.6 Å². The maximum absolute atomic E-state index is 13.4. The number of ether oxygens (including phenoxy) is 1. The number of carbonyl (C=O) groups excluding carboxylic acids is 1. The lowest BCUT2D eigenvalue weighted by Gasteiger charge is -2.26. The summed E-state index contributed by atoms with van der Waals surface area (Å²) in [6, 6.07) is 24.7. The number of benzene rings is 3. The summed E-state index contributed by atoms with van der Waals surface area (Å²) in [6.45, 7) is 9.18. The van der Waals surface area contributed by atoms with Crippen LogP contribution in [0.2, 0.25) is 0 Å². The van der Waals surface area contributed by atoms with Crippen molar-refractivity contribution in [1.82, 2.24) is 14.8 Å². The molecule has 0 radical (unpaired) electrons. The van der Waals surface area contributed by atoms with Gasteiger partial charge in [0.25, 0.3) is 0 Å². The van der Waals surface area contributed by atoms with Gasteiger partial charge in [0.1, 0.15) is 11.5 Å². The van der Waals surface area contributed by atoms with Crippen LogP contribution in [-0.2, 0) is 17.8 Å². The maximum Gasteiger partial charge on any atom is 0.220 e. The molecule has 0 bridgehead atoms. The number of para-hydroxylation sites is 2. The van der Waals surface area contributed by atoms with Crippen molar-refractivity contribution in [2.75, 3.05) is 26.2 Å². The molecular weight excluding hydrogens is 482 g/mol. The second-order valence-electron chi connectivity index (χ2n) is 10.5. The van der Waals surface area contributed by atoms with Crippen LogP contribution in [0, 0.1) is 0 Å². The minimum Gasteiger partial charge on any atom is -0.457 e. The quantitative estimate of drug-likeness (QED) is 0.227. The molecule has 0 spiro atoms. The van der Waals surface area contributed by atoms with E-state index < -0.39 is 0 Å². The molecule has 2 heterocycles. The molecule has 1 aromatic heterocycles. The number of piperidine rings is 1. The van der Waals surface area contributed by atoms with E-state index in [0.717, 1.165) is 49.7 Å². The fourth-order valence-electron chi connectivity index (χ4n) is 5.90. The van der Waals surface area contributed by atoms with E-state index in [1.165, 1.54) is 41.3 Å². The molecule has 1 saturated heterocycles. The number of hydrogen-bond donors (Lipinski definition) is 1. The van der Waals surface area contributed by atoms with Crippen LogP contribution in [0.4, 0.5) is 0 Å². The van der Waals surface area contributed by atoms with Crippen molar-refractivity contribution in [1.29, 1.82) is 0 Å². The van der Waals surface area contributed by atoms with Gasteiger partial charge >= 0.3 is 0 Å². The van der Waals surface area contributed by atoms with Crippen LogP contribution in [0.5, 0.6) is 11.5 Å². The van der Waals surface area contributed by atoms with Crippen LogP contribution in [0.15, 0.2) is 79.0 Å². The highest BCUT2D eigenvalue weighted by Crippen LogP contribution is 2.37. The number of nitrogens with zero attached hydrogens (tertiary/aromatic N) is 2. The number of hydrogen-bond acceptors (Lipinski definition) is 3. The van der Waals surface area contributed by atoms with Gasteiger partial charge in [-0.25, -0.2) is 0 Å². The number of carbonyl (C=O) groups is 1. The molecule has 5 heteroatoms. The highest BCUT2D eigenvalue weighted by atomic mass is 16.5. The Kier molecular flexibility index (Phi) is 9.00. The average molecular weight is 524 g/mol. The van der Waals surface area contributed by atoms with Gasteiger partial charge in [-0.3, -0.25) is 4.79 Å². The van der Waals surface area contributed by atoms with Crippen LogP contribution < -0.4 is 10.1 Å². The van der Waals surface area contributed by atoms with E-state index in [2.05, 4.69) is 65.2 Å². The van der Waals surface area contributed by atoms with E-state index in [4.69, 9.17) is 4.74 Å². The summed E-state index contributed by atoms with van der Waals surface area (Å²) in [4.78, 5) is 15.9. The normalized spacial score (nSPS) is 14.8. The smallest absolute Gasteiger partial charge is 0.220 e. The minimum absolute atomic E-state index is 0.0817. The van der Waals surface area contributed by atoms with Crippen molar-refractivity contribution in [2.24, 2.45) is 0 Å². The molecule has 1 aliphatic rings. The van der Waals surface area contributed by atoms with Crippen molar-refractivity contribution in [3.8, 4) is 11.5 Å². The first-order valence-corrected chi connectivity index (χ1v) is 14.6. The van der Waals surface area contributed by atoms with Gasteiger partial charge in [0, 0.05) is 43.6 Å². The second-order valence-corrected chi connectivity index (χ2v) is 10.5. The number of fused-ring (bicyclic) bond motifs is 1. The highest BCUT2D eigenvalue weighted by Gasteiger charge is 2.24. The van der Waals surface area contributed by atoms with E-state index in [-0.39, 0.29) is 11.8 Å². The molecule has 204 valence electrons. The predicted molar refractivity (Wildman–Crippen MR) is 160 cm³/mol. The van der Waals surface area contributed by atoms with Crippen molar-refractivity contribution < 1.29 is 9.53 Å². The first-order valence-electron chi connectivity index (χ1n) is 14.6. The minimum atomic E-state index is -0.0817. The van der Waals surface area contributed by atoms with E-state index >= 15 is 0 Å². The second kappa shape index (κ2) is 13.0. The molecule has 1 N–H and O–H groups in total. The third-order valence-electron chi connectivity index (χ3n) is 7.94. The predicted octanol–water partition coefficient (Wildman–Crippen LogP) is 7.14. The molecule has 39 heavy (non-hydrogen) atoms. The molecule has 4 aromatic rings. The summed E-state index contributed by atoms with van der Waals surface area (Å²) < 4.78 is 8.52.